The molecule has 3 aromatic carbocycles. The highest BCUT2D eigenvalue weighted by molar-refractivity contribution is 7.77. The Hall–Kier alpha value is -2.58. The summed E-state index contributed by atoms with van der Waals surface area (Å²) in [7, 11) is 0. The number of hydrogen-bond acceptors (Lipinski definition) is 3. The zero-order chi connectivity index (χ0) is 23.0. The maximum atomic E-state index is 14.4. The standard InChI is InChI=1S/C24H23ClFN3O2S/c1-24(2,3)17-7-9-21-22(12-17)29-23(28-21)18-8-6-14(10-19(18)25)15-4-5-16(20(26)11-15)13-27-32(30)31/h4-12,27H,13H2,1-3H3,(H,28,29)(H,30,31)/p-1. The summed E-state index contributed by atoms with van der Waals surface area (Å²) < 4.78 is 37.8. The zero-order valence-electron chi connectivity index (χ0n) is 17.8. The van der Waals surface area contributed by atoms with Crippen LogP contribution in [-0.2, 0) is 23.2 Å². The molecule has 0 amide bonds. The topological polar surface area (TPSA) is 80.8 Å². The third-order valence-electron chi connectivity index (χ3n) is 5.34. The fourth-order valence-electron chi connectivity index (χ4n) is 3.50. The van der Waals surface area contributed by atoms with Gasteiger partial charge in [0.1, 0.15) is 11.6 Å². The molecule has 2 N–H and O–H groups in total. The van der Waals surface area contributed by atoms with E-state index in [1.54, 1.807) is 18.2 Å². The molecule has 0 saturated carbocycles. The van der Waals surface area contributed by atoms with Crippen LogP contribution in [0, 0.1) is 5.82 Å². The first-order valence-corrected chi connectivity index (χ1v) is 11.5. The van der Waals surface area contributed by atoms with E-state index in [0.29, 0.717) is 16.4 Å². The van der Waals surface area contributed by atoms with Gasteiger partial charge in [0.2, 0.25) is 0 Å². The number of rotatable bonds is 5. The summed E-state index contributed by atoms with van der Waals surface area (Å²) in [6.07, 6.45) is 0. The predicted octanol–water partition coefficient (Wildman–Crippen LogP) is 5.87. The molecule has 5 nitrogen and oxygen atoms in total. The second-order valence-corrected chi connectivity index (χ2v) is 9.79. The summed E-state index contributed by atoms with van der Waals surface area (Å²) in [4.78, 5) is 8.02. The minimum Gasteiger partial charge on any atom is -0.760 e. The van der Waals surface area contributed by atoms with Crippen molar-refractivity contribution in [2.75, 3.05) is 0 Å². The third-order valence-corrected chi connectivity index (χ3v) is 6.03. The summed E-state index contributed by atoms with van der Waals surface area (Å²) in [5, 5.41) is 0.491. The highest BCUT2D eigenvalue weighted by atomic mass is 35.5. The van der Waals surface area contributed by atoms with Crippen molar-refractivity contribution in [3.8, 4) is 22.5 Å². The summed E-state index contributed by atoms with van der Waals surface area (Å²) in [5.41, 5.74) is 5.45. The number of fused-ring (bicyclic) bond motifs is 1. The fraction of sp³-hybridized carbons (Fsp3) is 0.208. The van der Waals surface area contributed by atoms with Crippen LogP contribution in [0.25, 0.3) is 33.5 Å². The molecule has 0 bridgehead atoms. The van der Waals surface area contributed by atoms with Crippen molar-refractivity contribution in [2.24, 2.45) is 0 Å². The van der Waals surface area contributed by atoms with Gasteiger partial charge in [-0.25, -0.2) is 14.1 Å². The van der Waals surface area contributed by atoms with E-state index < -0.39 is 17.1 Å². The van der Waals surface area contributed by atoms with Gasteiger partial charge < -0.3 is 9.54 Å². The van der Waals surface area contributed by atoms with E-state index in [1.807, 2.05) is 18.2 Å². The van der Waals surface area contributed by atoms with Gasteiger partial charge in [0.15, 0.2) is 0 Å². The molecule has 8 heteroatoms. The summed E-state index contributed by atoms with van der Waals surface area (Å²) in [6.45, 7) is 6.39. The number of nitrogens with one attached hydrogen (secondary N) is 2. The van der Waals surface area contributed by atoms with Gasteiger partial charge in [-0.15, -0.1) is 0 Å². The second kappa shape index (κ2) is 8.75. The summed E-state index contributed by atoms with van der Waals surface area (Å²) in [5.74, 6) is 0.174. The highest BCUT2D eigenvalue weighted by Crippen LogP contribution is 2.33. The molecule has 1 heterocycles. The lowest BCUT2D eigenvalue weighted by Gasteiger charge is -2.18. The van der Waals surface area contributed by atoms with Gasteiger partial charge in [-0.3, -0.25) is 4.21 Å². The Morgan fingerprint density at radius 1 is 1.09 bits per heavy atom. The van der Waals surface area contributed by atoms with Crippen LogP contribution in [0.2, 0.25) is 5.02 Å². The molecule has 0 aliphatic carbocycles. The zero-order valence-corrected chi connectivity index (χ0v) is 19.4. The van der Waals surface area contributed by atoms with E-state index in [1.165, 1.54) is 11.6 Å². The SMILES string of the molecule is CC(C)(C)c1ccc2nc(-c3ccc(-c4ccc(CNS(=O)[O-])c(F)c4)cc3Cl)[nH]c2c1. The number of halogens is 2. The molecule has 0 aliphatic heterocycles. The van der Waals surface area contributed by atoms with Crippen LogP contribution in [0.15, 0.2) is 54.6 Å². The van der Waals surface area contributed by atoms with Crippen LogP contribution in [0.5, 0.6) is 0 Å². The average Bonchev–Trinajstić information content (AvgIpc) is 3.15. The van der Waals surface area contributed by atoms with Gasteiger partial charge in [-0.05, 0) is 52.4 Å². The van der Waals surface area contributed by atoms with E-state index in [0.717, 1.165) is 22.2 Å². The van der Waals surface area contributed by atoms with Crippen molar-refractivity contribution in [2.45, 2.75) is 32.7 Å². The molecule has 0 spiro atoms. The molecule has 32 heavy (non-hydrogen) atoms. The first-order chi connectivity index (χ1) is 15.1. The Labute approximate surface area is 193 Å². The minimum atomic E-state index is -2.44. The van der Waals surface area contributed by atoms with Gasteiger partial charge in [0, 0.05) is 28.9 Å². The Morgan fingerprint density at radius 3 is 2.47 bits per heavy atom. The van der Waals surface area contributed by atoms with Crippen molar-refractivity contribution >= 4 is 33.9 Å². The Bertz CT molecular complexity index is 1330. The molecule has 0 fully saturated rings. The molecule has 1 aromatic heterocycles. The summed E-state index contributed by atoms with van der Waals surface area (Å²) in [6, 6.07) is 16.3. The van der Waals surface area contributed by atoms with E-state index in [4.69, 9.17) is 11.6 Å². The molecular formula is C24H22ClFN3O2S-. The van der Waals surface area contributed by atoms with Crippen molar-refractivity contribution in [3.05, 3.63) is 76.6 Å². The van der Waals surface area contributed by atoms with Crippen LogP contribution in [0.3, 0.4) is 0 Å². The maximum Gasteiger partial charge on any atom is 0.139 e. The molecular weight excluding hydrogens is 449 g/mol. The smallest absolute Gasteiger partial charge is 0.139 e. The number of aromatic amines is 1. The number of hydrogen-bond donors (Lipinski definition) is 2. The van der Waals surface area contributed by atoms with Crippen molar-refractivity contribution in [1.29, 1.82) is 0 Å². The van der Waals surface area contributed by atoms with Crippen molar-refractivity contribution in [1.82, 2.24) is 14.7 Å². The number of H-pyrrole nitrogens is 1. The monoisotopic (exact) mass is 470 g/mol. The van der Waals surface area contributed by atoms with E-state index in [-0.39, 0.29) is 17.5 Å². The molecule has 1 atom stereocenters. The van der Waals surface area contributed by atoms with Crippen molar-refractivity contribution in [3.63, 3.8) is 0 Å². The van der Waals surface area contributed by atoms with E-state index in [2.05, 4.69) is 47.6 Å². The molecule has 4 rings (SSSR count). The van der Waals surface area contributed by atoms with Crippen molar-refractivity contribution < 1.29 is 13.2 Å². The largest absolute Gasteiger partial charge is 0.760 e. The van der Waals surface area contributed by atoms with Gasteiger partial charge in [-0.1, -0.05) is 56.6 Å². The lowest BCUT2D eigenvalue weighted by molar-refractivity contribution is 0.520. The third kappa shape index (κ3) is 4.76. The Balaban J connectivity index is 1.64. The normalized spacial score (nSPS) is 12.9. The first-order valence-electron chi connectivity index (χ1n) is 10.0. The Morgan fingerprint density at radius 2 is 1.81 bits per heavy atom. The number of imidazole rings is 1. The van der Waals surface area contributed by atoms with Gasteiger partial charge >= 0.3 is 0 Å². The lowest BCUT2D eigenvalue weighted by atomic mass is 9.87. The minimum absolute atomic E-state index is 0.0334. The first kappa shape index (κ1) is 22.6. The summed E-state index contributed by atoms with van der Waals surface area (Å²) >= 11 is 4.12. The van der Waals surface area contributed by atoms with Crippen LogP contribution in [-0.4, -0.2) is 18.7 Å². The van der Waals surface area contributed by atoms with Crippen LogP contribution in [0.1, 0.15) is 31.9 Å². The van der Waals surface area contributed by atoms with Gasteiger partial charge in [0.25, 0.3) is 0 Å². The van der Waals surface area contributed by atoms with Crippen LogP contribution >= 0.6 is 11.6 Å². The quantitative estimate of drug-likeness (QED) is 0.358. The van der Waals surface area contributed by atoms with Crippen LogP contribution in [0.4, 0.5) is 4.39 Å². The molecule has 4 aromatic rings. The van der Waals surface area contributed by atoms with E-state index >= 15 is 0 Å². The number of nitrogens with zero attached hydrogens (tertiary/aromatic N) is 1. The van der Waals surface area contributed by atoms with Gasteiger partial charge in [-0.2, -0.15) is 0 Å². The molecule has 0 aliphatic rings. The number of benzene rings is 3. The average molecular weight is 471 g/mol. The fourth-order valence-corrected chi connectivity index (χ4v) is 4.04. The lowest BCUT2D eigenvalue weighted by Crippen LogP contribution is -2.16. The van der Waals surface area contributed by atoms with Gasteiger partial charge in [0.05, 0.1) is 16.1 Å². The van der Waals surface area contributed by atoms with E-state index in [9.17, 15) is 13.2 Å². The van der Waals surface area contributed by atoms with Crippen LogP contribution < -0.4 is 4.72 Å². The highest BCUT2D eigenvalue weighted by Gasteiger charge is 2.16. The second-order valence-electron chi connectivity index (χ2n) is 8.62. The predicted molar refractivity (Wildman–Crippen MR) is 126 cm³/mol. The Kier molecular flexibility index (Phi) is 6.18. The maximum absolute atomic E-state index is 14.4. The molecule has 0 saturated heterocycles. The molecule has 1 unspecified atom stereocenters. The number of aromatic nitrogens is 2. The molecule has 0 radical (unpaired) electrons. The molecule has 166 valence electrons.